The molecule has 0 unspecified atom stereocenters. The van der Waals surface area contributed by atoms with Crippen molar-refractivity contribution in [2.24, 2.45) is 0 Å². The summed E-state index contributed by atoms with van der Waals surface area (Å²) in [5, 5.41) is 2.85. The highest BCUT2D eigenvalue weighted by Crippen LogP contribution is 2.27. The summed E-state index contributed by atoms with van der Waals surface area (Å²) in [4.78, 5) is 19.3. The number of carbonyl (C=O) groups is 1. The molecule has 2 N–H and O–H groups in total. The molecule has 0 radical (unpaired) electrons. The van der Waals surface area contributed by atoms with E-state index in [9.17, 15) is 4.79 Å². The zero-order chi connectivity index (χ0) is 16.1. The van der Waals surface area contributed by atoms with Crippen molar-refractivity contribution in [3.8, 4) is 11.5 Å². The van der Waals surface area contributed by atoms with Gasteiger partial charge in [-0.1, -0.05) is 19.9 Å². The molecule has 0 saturated heterocycles. The van der Waals surface area contributed by atoms with Gasteiger partial charge in [0.05, 0.1) is 20.4 Å². The van der Waals surface area contributed by atoms with Gasteiger partial charge in [0.15, 0.2) is 11.5 Å². The summed E-state index contributed by atoms with van der Waals surface area (Å²) in [7, 11) is 3.17. The van der Waals surface area contributed by atoms with Crippen LogP contribution in [0.15, 0.2) is 24.4 Å². The maximum absolute atomic E-state index is 12.1. The van der Waals surface area contributed by atoms with Gasteiger partial charge in [0.2, 0.25) is 0 Å². The molecular formula is C16H21N3O3. The van der Waals surface area contributed by atoms with E-state index in [0.717, 1.165) is 11.4 Å². The second kappa shape index (κ2) is 6.98. The summed E-state index contributed by atoms with van der Waals surface area (Å²) in [5.74, 6) is 2.17. The first-order chi connectivity index (χ1) is 10.5. The van der Waals surface area contributed by atoms with E-state index in [1.54, 1.807) is 20.4 Å². The van der Waals surface area contributed by atoms with Crippen LogP contribution in [-0.4, -0.2) is 30.1 Å². The summed E-state index contributed by atoms with van der Waals surface area (Å²) < 4.78 is 10.4. The quantitative estimate of drug-likeness (QED) is 0.859. The average molecular weight is 303 g/mol. The van der Waals surface area contributed by atoms with E-state index in [-0.39, 0.29) is 11.8 Å². The van der Waals surface area contributed by atoms with E-state index in [4.69, 9.17) is 9.47 Å². The number of amides is 1. The number of methoxy groups -OCH3 is 2. The van der Waals surface area contributed by atoms with E-state index in [1.165, 1.54) is 0 Å². The highest BCUT2D eigenvalue weighted by Gasteiger charge is 2.11. The second-order valence-corrected chi connectivity index (χ2v) is 5.21. The van der Waals surface area contributed by atoms with Crippen molar-refractivity contribution in [3.63, 3.8) is 0 Å². The van der Waals surface area contributed by atoms with Crippen molar-refractivity contribution in [3.05, 3.63) is 41.5 Å². The third-order valence-electron chi connectivity index (χ3n) is 3.29. The van der Waals surface area contributed by atoms with Crippen molar-refractivity contribution in [2.45, 2.75) is 26.3 Å². The van der Waals surface area contributed by atoms with E-state index in [0.29, 0.717) is 23.7 Å². The SMILES string of the molecule is COc1ccc(CNC(=O)c2cnc(C(C)C)[nH]2)cc1OC. The Morgan fingerprint density at radius 2 is 2.00 bits per heavy atom. The Kier molecular flexibility index (Phi) is 5.04. The molecule has 0 saturated carbocycles. The maximum atomic E-state index is 12.1. The molecule has 118 valence electrons. The lowest BCUT2D eigenvalue weighted by Crippen LogP contribution is -2.23. The minimum atomic E-state index is -0.186. The van der Waals surface area contributed by atoms with Gasteiger partial charge in [-0.05, 0) is 17.7 Å². The molecule has 1 heterocycles. The number of rotatable bonds is 6. The Balaban J connectivity index is 2.01. The summed E-state index contributed by atoms with van der Waals surface area (Å²) in [5.41, 5.74) is 1.39. The lowest BCUT2D eigenvalue weighted by atomic mass is 10.2. The van der Waals surface area contributed by atoms with Crippen LogP contribution in [0.25, 0.3) is 0 Å². The molecule has 6 nitrogen and oxygen atoms in total. The number of hydrogen-bond donors (Lipinski definition) is 2. The smallest absolute Gasteiger partial charge is 0.269 e. The number of hydrogen-bond acceptors (Lipinski definition) is 4. The Labute approximate surface area is 129 Å². The van der Waals surface area contributed by atoms with E-state index in [1.807, 2.05) is 32.0 Å². The van der Waals surface area contributed by atoms with E-state index >= 15 is 0 Å². The summed E-state index contributed by atoms with van der Waals surface area (Å²) in [6, 6.07) is 5.53. The Hall–Kier alpha value is -2.50. The van der Waals surface area contributed by atoms with Crippen LogP contribution in [0.1, 0.15) is 41.6 Å². The number of benzene rings is 1. The van der Waals surface area contributed by atoms with E-state index in [2.05, 4.69) is 15.3 Å². The first kappa shape index (κ1) is 15.9. The molecule has 1 amide bonds. The van der Waals surface area contributed by atoms with Crippen LogP contribution in [0.4, 0.5) is 0 Å². The van der Waals surface area contributed by atoms with Crippen LogP contribution in [0.2, 0.25) is 0 Å². The third-order valence-corrected chi connectivity index (χ3v) is 3.29. The van der Waals surface area contributed by atoms with Crippen LogP contribution in [-0.2, 0) is 6.54 Å². The lowest BCUT2D eigenvalue weighted by Gasteiger charge is -2.10. The van der Waals surface area contributed by atoms with Crippen LogP contribution in [0, 0.1) is 0 Å². The minimum Gasteiger partial charge on any atom is -0.493 e. The highest BCUT2D eigenvalue weighted by molar-refractivity contribution is 5.92. The molecule has 0 aliphatic rings. The first-order valence-electron chi connectivity index (χ1n) is 7.09. The fourth-order valence-corrected chi connectivity index (χ4v) is 2.01. The molecule has 0 fully saturated rings. The predicted octanol–water partition coefficient (Wildman–Crippen LogP) is 2.48. The summed E-state index contributed by atoms with van der Waals surface area (Å²) in [6.45, 7) is 4.43. The second-order valence-electron chi connectivity index (χ2n) is 5.21. The number of carbonyl (C=O) groups excluding carboxylic acids is 1. The summed E-state index contributed by atoms with van der Waals surface area (Å²) in [6.07, 6.45) is 1.55. The topological polar surface area (TPSA) is 76.2 Å². The number of nitrogens with one attached hydrogen (secondary N) is 2. The molecule has 0 spiro atoms. The Morgan fingerprint density at radius 1 is 1.27 bits per heavy atom. The van der Waals surface area contributed by atoms with Crippen LogP contribution in [0.3, 0.4) is 0 Å². The molecule has 0 bridgehead atoms. The number of aromatic nitrogens is 2. The number of imidazole rings is 1. The third kappa shape index (κ3) is 3.58. The Morgan fingerprint density at radius 3 is 2.59 bits per heavy atom. The van der Waals surface area contributed by atoms with Gasteiger partial charge in [-0.15, -0.1) is 0 Å². The van der Waals surface area contributed by atoms with Crippen molar-refractivity contribution in [1.82, 2.24) is 15.3 Å². The molecule has 0 aliphatic heterocycles. The van der Waals surface area contributed by atoms with Crippen molar-refractivity contribution < 1.29 is 14.3 Å². The van der Waals surface area contributed by atoms with Crippen LogP contribution >= 0.6 is 0 Å². The first-order valence-corrected chi connectivity index (χ1v) is 7.09. The molecule has 6 heteroatoms. The molecule has 2 aromatic rings. The molecule has 1 aromatic carbocycles. The van der Waals surface area contributed by atoms with Crippen molar-refractivity contribution in [1.29, 1.82) is 0 Å². The van der Waals surface area contributed by atoms with Crippen LogP contribution in [0.5, 0.6) is 11.5 Å². The largest absolute Gasteiger partial charge is 0.493 e. The molecule has 1 aromatic heterocycles. The van der Waals surface area contributed by atoms with Gasteiger partial charge >= 0.3 is 0 Å². The molecule has 0 aliphatic carbocycles. The maximum Gasteiger partial charge on any atom is 0.269 e. The molecule has 0 atom stereocenters. The summed E-state index contributed by atoms with van der Waals surface area (Å²) >= 11 is 0. The molecule has 22 heavy (non-hydrogen) atoms. The minimum absolute atomic E-state index is 0.186. The van der Waals surface area contributed by atoms with E-state index < -0.39 is 0 Å². The molecular weight excluding hydrogens is 282 g/mol. The van der Waals surface area contributed by atoms with Crippen LogP contribution < -0.4 is 14.8 Å². The zero-order valence-corrected chi connectivity index (χ0v) is 13.3. The van der Waals surface area contributed by atoms with Gasteiger partial charge in [0.25, 0.3) is 5.91 Å². The standard InChI is InChI=1S/C16H21N3O3/c1-10(2)15-17-9-12(19-15)16(20)18-8-11-5-6-13(21-3)14(7-11)22-4/h5-7,9-10H,8H2,1-4H3,(H,17,19)(H,18,20). The number of aromatic amines is 1. The van der Waals surface area contributed by atoms with Crippen molar-refractivity contribution >= 4 is 5.91 Å². The van der Waals surface area contributed by atoms with Crippen molar-refractivity contribution in [2.75, 3.05) is 14.2 Å². The van der Waals surface area contributed by atoms with Gasteiger partial charge in [-0.3, -0.25) is 4.79 Å². The fourth-order valence-electron chi connectivity index (χ4n) is 2.01. The normalized spacial score (nSPS) is 10.6. The lowest BCUT2D eigenvalue weighted by molar-refractivity contribution is 0.0946. The number of H-pyrrole nitrogens is 1. The number of nitrogens with zero attached hydrogens (tertiary/aromatic N) is 1. The molecule has 2 rings (SSSR count). The predicted molar refractivity (Wildman–Crippen MR) is 83.4 cm³/mol. The fraction of sp³-hybridized carbons (Fsp3) is 0.375. The Bertz CT molecular complexity index is 650. The monoisotopic (exact) mass is 303 g/mol. The van der Waals surface area contributed by atoms with Gasteiger partial charge in [-0.25, -0.2) is 4.98 Å². The number of ether oxygens (including phenoxy) is 2. The van der Waals surface area contributed by atoms with Gasteiger partial charge in [0, 0.05) is 12.5 Å². The zero-order valence-electron chi connectivity index (χ0n) is 13.3. The highest BCUT2D eigenvalue weighted by atomic mass is 16.5. The average Bonchev–Trinajstić information content (AvgIpc) is 3.02. The van der Waals surface area contributed by atoms with Gasteiger partial charge < -0.3 is 19.8 Å². The van der Waals surface area contributed by atoms with Gasteiger partial charge in [-0.2, -0.15) is 0 Å². The van der Waals surface area contributed by atoms with Gasteiger partial charge in [0.1, 0.15) is 11.5 Å².